The van der Waals surface area contributed by atoms with E-state index in [0.717, 1.165) is 16.7 Å². The average Bonchev–Trinajstić information content (AvgIpc) is 3.32. The molecule has 0 aliphatic carbocycles. The number of rotatable bonds is 10. The lowest BCUT2D eigenvalue weighted by Gasteiger charge is -2.16. The number of nitrogens with two attached hydrogens (primary N) is 2. The first-order valence-electron chi connectivity index (χ1n) is 10.1. The Morgan fingerprint density at radius 2 is 1.62 bits per heavy atom. The number of carbonyl (C=O) groups is 2. The van der Waals surface area contributed by atoms with Gasteiger partial charge in [0.2, 0.25) is 17.6 Å². The molecule has 0 saturated heterocycles. The number of primary amides is 1. The molecule has 1 heterocycles. The molecule has 1 aromatic heterocycles. The third-order valence-electron chi connectivity index (χ3n) is 5.03. The number of hydrogen-bond acceptors (Lipinski definition) is 9. The minimum Gasteiger partial charge on any atom is -0.495 e. The minimum absolute atomic E-state index is 0.270. The number of ether oxygens (including phenoxy) is 4. The first-order valence-corrected chi connectivity index (χ1v) is 10.9. The normalized spacial score (nSPS) is 11.4. The molecule has 2 aromatic carbocycles. The van der Waals surface area contributed by atoms with Crippen molar-refractivity contribution in [2.45, 2.75) is 12.5 Å². The maximum Gasteiger partial charge on any atom is 0.241 e. The topological polar surface area (TPSA) is 148 Å². The second-order valence-electron chi connectivity index (χ2n) is 7.17. The molecule has 0 aliphatic rings. The standard InChI is InChI=1S/C23H26N4O6S/c1-30-17-6-5-12(7-16(17)26-23(29)15(24)10-20(25)28)14-11-34-27-21(14)13-8-18(31-2)22(33-4)19(9-13)32-3/h5-9,11,15H,10,24H2,1-4H3,(H2,25,28)(H,26,29)/t15-/m0/s1. The van der Waals surface area contributed by atoms with Crippen molar-refractivity contribution in [1.29, 1.82) is 0 Å². The van der Waals surface area contributed by atoms with Gasteiger partial charge in [-0.3, -0.25) is 9.59 Å². The largest absolute Gasteiger partial charge is 0.495 e. The number of hydrogen-bond donors (Lipinski definition) is 3. The minimum atomic E-state index is -1.08. The number of methoxy groups -OCH3 is 4. The Morgan fingerprint density at radius 3 is 2.18 bits per heavy atom. The zero-order valence-corrected chi connectivity index (χ0v) is 20.0. The molecule has 0 bridgehead atoms. The third-order valence-corrected chi connectivity index (χ3v) is 5.66. The molecule has 180 valence electrons. The molecule has 34 heavy (non-hydrogen) atoms. The van der Waals surface area contributed by atoms with Crippen molar-refractivity contribution in [3.05, 3.63) is 35.7 Å². The maximum atomic E-state index is 12.5. The molecule has 0 radical (unpaired) electrons. The van der Waals surface area contributed by atoms with E-state index in [2.05, 4.69) is 9.69 Å². The van der Waals surface area contributed by atoms with Gasteiger partial charge in [0.1, 0.15) is 5.75 Å². The first-order chi connectivity index (χ1) is 16.3. The summed E-state index contributed by atoms with van der Waals surface area (Å²) in [7, 11) is 6.12. The average molecular weight is 487 g/mol. The Morgan fingerprint density at radius 1 is 0.971 bits per heavy atom. The van der Waals surface area contributed by atoms with Crippen LogP contribution >= 0.6 is 11.5 Å². The van der Waals surface area contributed by atoms with E-state index in [1.165, 1.54) is 25.8 Å². The highest BCUT2D eigenvalue weighted by Crippen LogP contribution is 2.44. The molecular weight excluding hydrogens is 460 g/mol. The smallest absolute Gasteiger partial charge is 0.241 e. The number of carbonyl (C=O) groups excluding carboxylic acids is 2. The molecule has 11 heteroatoms. The van der Waals surface area contributed by atoms with E-state index < -0.39 is 17.9 Å². The van der Waals surface area contributed by atoms with Crippen molar-refractivity contribution in [3.63, 3.8) is 0 Å². The van der Waals surface area contributed by atoms with E-state index in [1.54, 1.807) is 26.4 Å². The predicted molar refractivity (Wildman–Crippen MR) is 130 cm³/mol. The zero-order chi connectivity index (χ0) is 24.8. The highest BCUT2D eigenvalue weighted by molar-refractivity contribution is 7.04. The Labute approximate surface area is 200 Å². The van der Waals surface area contributed by atoms with Crippen LogP contribution in [-0.2, 0) is 9.59 Å². The van der Waals surface area contributed by atoms with Crippen molar-refractivity contribution in [2.75, 3.05) is 33.8 Å². The monoisotopic (exact) mass is 486 g/mol. The van der Waals surface area contributed by atoms with Gasteiger partial charge in [-0.15, -0.1) is 0 Å². The number of aromatic nitrogens is 1. The molecule has 0 saturated carbocycles. The SMILES string of the molecule is COc1ccc(-c2csnc2-c2cc(OC)c(OC)c(OC)c2)cc1NC(=O)[C@@H](N)CC(N)=O. The molecule has 0 fully saturated rings. The molecule has 3 aromatic rings. The fourth-order valence-corrected chi connectivity index (χ4v) is 4.09. The second-order valence-corrected chi connectivity index (χ2v) is 7.80. The van der Waals surface area contributed by atoms with Crippen LogP contribution in [0.5, 0.6) is 23.0 Å². The Hall–Kier alpha value is -3.83. The summed E-state index contributed by atoms with van der Waals surface area (Å²) < 4.78 is 26.3. The number of benzene rings is 2. The highest BCUT2D eigenvalue weighted by atomic mass is 32.1. The van der Waals surface area contributed by atoms with Crippen molar-refractivity contribution in [3.8, 4) is 45.4 Å². The lowest BCUT2D eigenvalue weighted by Crippen LogP contribution is -2.39. The Bertz CT molecular complexity index is 1170. The zero-order valence-electron chi connectivity index (χ0n) is 19.2. The van der Waals surface area contributed by atoms with E-state index in [0.29, 0.717) is 34.4 Å². The van der Waals surface area contributed by atoms with Crippen LogP contribution in [-0.4, -0.2) is 50.7 Å². The summed E-state index contributed by atoms with van der Waals surface area (Å²) in [6.07, 6.45) is -0.270. The summed E-state index contributed by atoms with van der Waals surface area (Å²) in [5.41, 5.74) is 14.4. The van der Waals surface area contributed by atoms with Gasteiger partial charge in [0.05, 0.1) is 52.3 Å². The van der Waals surface area contributed by atoms with E-state index in [4.69, 9.17) is 30.4 Å². The van der Waals surface area contributed by atoms with E-state index in [-0.39, 0.29) is 6.42 Å². The molecule has 5 N–H and O–H groups in total. The van der Waals surface area contributed by atoms with Crippen LogP contribution in [0.25, 0.3) is 22.4 Å². The van der Waals surface area contributed by atoms with Crippen LogP contribution in [0.2, 0.25) is 0 Å². The second kappa shape index (κ2) is 10.9. The maximum absolute atomic E-state index is 12.5. The summed E-state index contributed by atoms with van der Waals surface area (Å²) >= 11 is 1.28. The van der Waals surface area contributed by atoms with Gasteiger partial charge in [-0.05, 0) is 41.4 Å². The molecular formula is C23H26N4O6S. The molecule has 0 spiro atoms. The van der Waals surface area contributed by atoms with Crippen LogP contribution in [0, 0.1) is 0 Å². The van der Waals surface area contributed by atoms with Crippen LogP contribution in [0.4, 0.5) is 5.69 Å². The lowest BCUT2D eigenvalue weighted by atomic mass is 10.0. The van der Waals surface area contributed by atoms with E-state index in [9.17, 15) is 9.59 Å². The van der Waals surface area contributed by atoms with Gasteiger partial charge in [-0.25, -0.2) is 0 Å². The van der Waals surface area contributed by atoms with Gasteiger partial charge in [-0.2, -0.15) is 4.37 Å². The van der Waals surface area contributed by atoms with E-state index >= 15 is 0 Å². The third kappa shape index (κ3) is 5.21. The van der Waals surface area contributed by atoms with Crippen molar-refractivity contribution in [2.24, 2.45) is 11.5 Å². The van der Waals surface area contributed by atoms with Crippen molar-refractivity contribution in [1.82, 2.24) is 4.37 Å². The first kappa shape index (κ1) is 24.8. The fourth-order valence-electron chi connectivity index (χ4n) is 3.38. The van der Waals surface area contributed by atoms with Gasteiger partial charge in [0, 0.05) is 16.5 Å². The van der Waals surface area contributed by atoms with Crippen LogP contribution in [0.3, 0.4) is 0 Å². The summed E-state index contributed by atoms with van der Waals surface area (Å²) in [6.45, 7) is 0. The summed E-state index contributed by atoms with van der Waals surface area (Å²) in [6, 6.07) is 7.87. The van der Waals surface area contributed by atoms with Gasteiger partial charge in [-0.1, -0.05) is 6.07 Å². The highest BCUT2D eigenvalue weighted by Gasteiger charge is 2.21. The lowest BCUT2D eigenvalue weighted by molar-refractivity contribution is -0.123. The molecule has 3 rings (SSSR count). The van der Waals surface area contributed by atoms with Crippen LogP contribution in [0.1, 0.15) is 6.42 Å². The Balaban J connectivity index is 2.02. The Kier molecular flexibility index (Phi) is 7.92. The summed E-state index contributed by atoms with van der Waals surface area (Å²) in [5.74, 6) is 0.697. The summed E-state index contributed by atoms with van der Waals surface area (Å²) in [5, 5.41) is 4.60. The number of anilines is 1. The number of amides is 2. The quantitative estimate of drug-likeness (QED) is 0.396. The molecule has 1 atom stereocenters. The molecule has 0 unspecified atom stereocenters. The van der Waals surface area contributed by atoms with Crippen molar-refractivity contribution >= 4 is 29.0 Å². The fraction of sp³-hybridized carbons (Fsp3) is 0.261. The number of nitrogens with one attached hydrogen (secondary N) is 1. The van der Waals surface area contributed by atoms with Crippen LogP contribution in [0.15, 0.2) is 35.7 Å². The molecule has 0 aliphatic heterocycles. The van der Waals surface area contributed by atoms with E-state index in [1.807, 2.05) is 23.6 Å². The summed E-state index contributed by atoms with van der Waals surface area (Å²) in [4.78, 5) is 23.6. The van der Waals surface area contributed by atoms with Gasteiger partial charge < -0.3 is 35.7 Å². The molecule has 10 nitrogen and oxygen atoms in total. The molecule has 2 amide bonds. The van der Waals surface area contributed by atoms with Gasteiger partial charge in [0.15, 0.2) is 11.5 Å². The number of nitrogens with zero attached hydrogens (tertiary/aromatic N) is 1. The van der Waals surface area contributed by atoms with Gasteiger partial charge >= 0.3 is 0 Å². The van der Waals surface area contributed by atoms with Crippen LogP contribution < -0.4 is 35.7 Å². The van der Waals surface area contributed by atoms with Gasteiger partial charge in [0.25, 0.3) is 0 Å². The van der Waals surface area contributed by atoms with Crippen molar-refractivity contribution < 1.29 is 28.5 Å². The predicted octanol–water partition coefficient (Wildman–Crippen LogP) is 2.65.